The van der Waals surface area contributed by atoms with Crippen LogP contribution in [0.1, 0.15) is 22.5 Å². The normalized spacial score (nSPS) is 14.7. The van der Waals surface area contributed by atoms with Gasteiger partial charge >= 0.3 is 0 Å². The fourth-order valence-electron chi connectivity index (χ4n) is 3.68. The lowest BCUT2D eigenvalue weighted by molar-refractivity contribution is 0.134. The van der Waals surface area contributed by atoms with Crippen molar-refractivity contribution in [2.24, 2.45) is 4.99 Å². The van der Waals surface area contributed by atoms with Gasteiger partial charge in [-0.25, -0.2) is 4.99 Å². The molecule has 4 heteroatoms. The van der Waals surface area contributed by atoms with Crippen molar-refractivity contribution >= 4 is 27.5 Å². The van der Waals surface area contributed by atoms with E-state index in [4.69, 9.17) is 14.1 Å². The Balaban J connectivity index is 1.82. The van der Waals surface area contributed by atoms with Crippen LogP contribution in [-0.2, 0) is 10.3 Å². The molecule has 3 aromatic carbocycles. The molecule has 1 aromatic heterocycles. The molecule has 0 bridgehead atoms. The van der Waals surface area contributed by atoms with Gasteiger partial charge in [0, 0.05) is 16.7 Å². The Labute approximate surface area is 171 Å². The first-order valence-electron chi connectivity index (χ1n) is 9.01. The fourth-order valence-corrected chi connectivity index (χ4v) is 3.98. The summed E-state index contributed by atoms with van der Waals surface area (Å²) >= 11 is 3.37. The van der Waals surface area contributed by atoms with Crippen LogP contribution in [0.15, 0.2) is 111 Å². The molecule has 0 unspecified atom stereocenters. The van der Waals surface area contributed by atoms with Gasteiger partial charge in [0.1, 0.15) is 0 Å². The molecule has 3 nitrogen and oxygen atoms in total. The second kappa shape index (κ2) is 6.80. The van der Waals surface area contributed by atoms with Crippen molar-refractivity contribution in [1.82, 2.24) is 0 Å². The first-order valence-corrected chi connectivity index (χ1v) is 9.81. The summed E-state index contributed by atoms with van der Waals surface area (Å²) in [6, 6.07) is 32.3. The van der Waals surface area contributed by atoms with Crippen LogP contribution >= 0.6 is 15.9 Å². The summed E-state index contributed by atoms with van der Waals surface area (Å²) < 4.78 is 13.1. The molecule has 28 heavy (non-hydrogen) atoms. The third-order valence-corrected chi connectivity index (χ3v) is 5.33. The third-order valence-electron chi connectivity index (χ3n) is 4.90. The molecule has 0 saturated carbocycles. The Morgan fingerprint density at radius 2 is 1.29 bits per heavy atom. The SMILES string of the molecule is Brc1ccc(C2=Nc3ccccc3C(c3ccccc3)(c3ccccc3)O2)o1. The number of nitrogens with zero attached hydrogens (tertiary/aromatic N) is 1. The van der Waals surface area contributed by atoms with E-state index < -0.39 is 5.60 Å². The van der Waals surface area contributed by atoms with Gasteiger partial charge in [-0.15, -0.1) is 0 Å². The Morgan fingerprint density at radius 1 is 0.679 bits per heavy atom. The van der Waals surface area contributed by atoms with Crippen molar-refractivity contribution in [1.29, 1.82) is 0 Å². The number of halogens is 1. The van der Waals surface area contributed by atoms with Crippen molar-refractivity contribution in [2.45, 2.75) is 5.60 Å². The van der Waals surface area contributed by atoms with Crippen LogP contribution in [0.4, 0.5) is 5.69 Å². The quantitative estimate of drug-likeness (QED) is 0.375. The largest absolute Gasteiger partial charge is 0.453 e. The lowest BCUT2D eigenvalue weighted by atomic mass is 9.78. The maximum absolute atomic E-state index is 6.71. The van der Waals surface area contributed by atoms with Gasteiger partial charge in [-0.05, 0) is 34.1 Å². The van der Waals surface area contributed by atoms with Gasteiger partial charge in [0.05, 0.1) is 5.69 Å². The van der Waals surface area contributed by atoms with Gasteiger partial charge in [0.2, 0.25) is 0 Å². The Hall–Kier alpha value is -3.11. The molecule has 0 saturated heterocycles. The summed E-state index contributed by atoms with van der Waals surface area (Å²) in [4.78, 5) is 4.76. The number of furan rings is 1. The lowest BCUT2D eigenvalue weighted by Gasteiger charge is -2.39. The molecule has 0 N–H and O–H groups in total. The fraction of sp³-hybridized carbons (Fsp3) is 0.0417. The number of hydrogen-bond acceptors (Lipinski definition) is 3. The minimum atomic E-state index is -0.824. The maximum atomic E-state index is 6.71. The molecule has 0 spiro atoms. The Morgan fingerprint density at radius 3 is 1.89 bits per heavy atom. The average molecular weight is 430 g/mol. The first-order chi connectivity index (χ1) is 13.8. The number of ether oxygens (including phenoxy) is 1. The Kier molecular flexibility index (Phi) is 4.14. The molecule has 0 radical (unpaired) electrons. The molecule has 1 aliphatic heterocycles. The second-order valence-electron chi connectivity index (χ2n) is 6.55. The molecule has 0 amide bonds. The summed E-state index contributed by atoms with van der Waals surface area (Å²) in [5.41, 5.74) is 3.11. The topological polar surface area (TPSA) is 34.7 Å². The van der Waals surface area contributed by atoms with E-state index in [1.165, 1.54) is 0 Å². The molecule has 5 rings (SSSR count). The standard InChI is InChI=1S/C24H16BrNO2/c25-22-16-15-21(27-22)23-26-20-14-8-7-13-19(20)24(28-23,17-9-3-1-4-10-17)18-11-5-2-6-12-18/h1-16H. The van der Waals surface area contributed by atoms with E-state index in [0.717, 1.165) is 22.4 Å². The van der Waals surface area contributed by atoms with Crippen LogP contribution in [0.5, 0.6) is 0 Å². The zero-order valence-electron chi connectivity index (χ0n) is 14.9. The van der Waals surface area contributed by atoms with E-state index in [0.29, 0.717) is 16.3 Å². The van der Waals surface area contributed by atoms with E-state index in [9.17, 15) is 0 Å². The van der Waals surface area contributed by atoms with E-state index in [1.54, 1.807) is 0 Å². The van der Waals surface area contributed by atoms with Gasteiger partial charge in [-0.2, -0.15) is 0 Å². The summed E-state index contributed by atoms with van der Waals surface area (Å²) in [5, 5.41) is 0. The van der Waals surface area contributed by atoms with E-state index in [2.05, 4.69) is 46.3 Å². The molecular weight excluding hydrogens is 414 g/mol. The van der Waals surface area contributed by atoms with Crippen LogP contribution in [0.3, 0.4) is 0 Å². The smallest absolute Gasteiger partial charge is 0.259 e. The van der Waals surface area contributed by atoms with Gasteiger partial charge in [-0.1, -0.05) is 78.9 Å². The highest BCUT2D eigenvalue weighted by molar-refractivity contribution is 9.10. The number of benzene rings is 3. The molecule has 2 heterocycles. The molecular formula is C24H16BrNO2. The molecule has 136 valence electrons. The van der Waals surface area contributed by atoms with E-state index in [-0.39, 0.29) is 0 Å². The predicted octanol–water partition coefficient (Wildman–Crippen LogP) is 6.44. The highest BCUT2D eigenvalue weighted by Gasteiger charge is 2.44. The minimum Gasteiger partial charge on any atom is -0.453 e. The predicted molar refractivity (Wildman–Crippen MR) is 113 cm³/mol. The number of aliphatic imine (C=N–C) groups is 1. The minimum absolute atomic E-state index is 0.456. The van der Waals surface area contributed by atoms with Crippen molar-refractivity contribution in [3.05, 3.63) is 124 Å². The summed E-state index contributed by atoms with van der Waals surface area (Å²) in [6.07, 6.45) is 0. The summed E-state index contributed by atoms with van der Waals surface area (Å²) in [5.74, 6) is 1.04. The number of hydrogen-bond donors (Lipinski definition) is 0. The number of fused-ring (bicyclic) bond motifs is 1. The zero-order valence-corrected chi connectivity index (χ0v) is 16.5. The van der Waals surface area contributed by atoms with Crippen molar-refractivity contribution in [3.8, 4) is 0 Å². The monoisotopic (exact) mass is 429 g/mol. The first kappa shape index (κ1) is 17.0. The summed E-state index contributed by atoms with van der Waals surface area (Å²) in [6.45, 7) is 0. The highest BCUT2D eigenvalue weighted by atomic mass is 79.9. The van der Waals surface area contributed by atoms with Crippen molar-refractivity contribution < 1.29 is 9.15 Å². The van der Waals surface area contributed by atoms with Crippen LogP contribution in [0, 0.1) is 0 Å². The van der Waals surface area contributed by atoms with Crippen LogP contribution in [0.2, 0.25) is 0 Å². The average Bonchev–Trinajstić information content (AvgIpc) is 3.20. The van der Waals surface area contributed by atoms with Crippen LogP contribution in [0.25, 0.3) is 0 Å². The van der Waals surface area contributed by atoms with Crippen molar-refractivity contribution in [2.75, 3.05) is 0 Å². The van der Waals surface area contributed by atoms with E-state index in [1.807, 2.05) is 66.7 Å². The number of rotatable bonds is 3. The lowest BCUT2D eigenvalue weighted by Crippen LogP contribution is -2.37. The molecule has 0 aliphatic carbocycles. The Bertz CT molecular complexity index is 1110. The molecule has 0 fully saturated rings. The van der Waals surface area contributed by atoms with Crippen LogP contribution < -0.4 is 0 Å². The molecule has 1 aliphatic rings. The van der Waals surface area contributed by atoms with Gasteiger partial charge in [-0.3, -0.25) is 0 Å². The molecule has 0 atom stereocenters. The van der Waals surface area contributed by atoms with Gasteiger partial charge in [0.15, 0.2) is 16.0 Å². The second-order valence-corrected chi connectivity index (χ2v) is 7.33. The third kappa shape index (κ3) is 2.69. The van der Waals surface area contributed by atoms with Crippen molar-refractivity contribution in [3.63, 3.8) is 0 Å². The van der Waals surface area contributed by atoms with E-state index >= 15 is 0 Å². The van der Waals surface area contributed by atoms with Crippen LogP contribution in [-0.4, -0.2) is 5.90 Å². The molecule has 4 aromatic rings. The number of para-hydroxylation sites is 1. The summed E-state index contributed by atoms with van der Waals surface area (Å²) in [7, 11) is 0. The van der Waals surface area contributed by atoms with Gasteiger partial charge < -0.3 is 9.15 Å². The highest BCUT2D eigenvalue weighted by Crippen LogP contribution is 2.47. The van der Waals surface area contributed by atoms with Gasteiger partial charge in [0.25, 0.3) is 5.90 Å². The zero-order chi connectivity index (χ0) is 19.0. The maximum Gasteiger partial charge on any atom is 0.259 e.